The van der Waals surface area contributed by atoms with Crippen molar-refractivity contribution in [3.63, 3.8) is 0 Å². The Labute approximate surface area is 269 Å². The molecule has 0 saturated carbocycles. The van der Waals surface area contributed by atoms with Gasteiger partial charge in [-0.3, -0.25) is 4.98 Å². The quantitative estimate of drug-likeness (QED) is 0.199. The molecule has 2 aromatic heterocycles. The van der Waals surface area contributed by atoms with Gasteiger partial charge in [-0.05, 0) is 83.4 Å². The Balaban J connectivity index is 1.67. The molecule has 7 nitrogen and oxygen atoms in total. The fourth-order valence-electron chi connectivity index (χ4n) is 6.20. The first-order chi connectivity index (χ1) is 23.1. The molecule has 0 bridgehead atoms. The van der Waals surface area contributed by atoms with Gasteiger partial charge in [0.05, 0.1) is 69.2 Å². The number of fused-ring (bicyclic) bond motifs is 3. The van der Waals surface area contributed by atoms with E-state index in [-0.39, 0.29) is 0 Å². The SMILES string of the molecule is N#Cc1cc(C#N)cc(-c2cccc3c4cccc(-c5cc(C#N)cc(C#N)c5)c4n(-c4ccc(C#N)c(-c5ccncc5)c4)c23)c1. The van der Waals surface area contributed by atoms with E-state index in [2.05, 4.69) is 39.9 Å². The monoisotopic (exact) mass is 597 g/mol. The van der Waals surface area contributed by atoms with Crippen molar-refractivity contribution in [2.45, 2.75) is 0 Å². The Kier molecular flexibility index (Phi) is 6.94. The third kappa shape index (κ3) is 4.79. The highest BCUT2D eigenvalue weighted by Crippen LogP contribution is 2.43. The lowest BCUT2D eigenvalue weighted by atomic mass is 9.97. The van der Waals surface area contributed by atoms with Gasteiger partial charge in [0.15, 0.2) is 0 Å². The van der Waals surface area contributed by atoms with E-state index in [0.717, 1.165) is 49.7 Å². The van der Waals surface area contributed by atoms with E-state index in [1.165, 1.54) is 0 Å². The summed E-state index contributed by atoms with van der Waals surface area (Å²) >= 11 is 0. The van der Waals surface area contributed by atoms with Crippen molar-refractivity contribution in [2.24, 2.45) is 0 Å². The Morgan fingerprint density at radius 3 is 1.38 bits per heavy atom. The summed E-state index contributed by atoms with van der Waals surface area (Å²) in [7, 11) is 0. The molecule has 214 valence electrons. The standard InChI is InChI=1S/C40H19N7/c41-20-25-13-26(21-42)16-31(15-25)34-3-1-5-36-37-6-2-4-35(32-17-27(22-43)14-28(18-32)23-44)40(37)47(39(34)36)33-8-7-30(24-45)38(19-33)29-9-11-46-12-10-29/h1-19H. The molecular formula is C40H19N7. The second kappa shape index (κ2) is 11.5. The lowest BCUT2D eigenvalue weighted by Gasteiger charge is -2.16. The summed E-state index contributed by atoms with van der Waals surface area (Å²) in [6, 6.07) is 42.5. The normalized spacial score (nSPS) is 10.4. The number of pyridine rings is 1. The van der Waals surface area contributed by atoms with Crippen LogP contribution in [0.1, 0.15) is 27.8 Å². The molecule has 0 N–H and O–H groups in total. The van der Waals surface area contributed by atoms with Gasteiger partial charge in [-0.25, -0.2) is 0 Å². The van der Waals surface area contributed by atoms with Crippen molar-refractivity contribution in [1.29, 1.82) is 26.3 Å². The fraction of sp³-hybridized carbons (Fsp3) is 0. The third-order valence-corrected chi connectivity index (χ3v) is 8.19. The summed E-state index contributed by atoms with van der Waals surface area (Å²) in [5.74, 6) is 0. The van der Waals surface area contributed by atoms with Crippen LogP contribution in [0.25, 0.3) is 60.9 Å². The minimum atomic E-state index is 0.370. The molecular weight excluding hydrogens is 578 g/mol. The summed E-state index contributed by atoms with van der Waals surface area (Å²) in [4.78, 5) is 4.15. The maximum absolute atomic E-state index is 10.0. The molecule has 5 aromatic carbocycles. The molecule has 0 fully saturated rings. The molecule has 0 unspecified atom stereocenters. The molecule has 7 heteroatoms. The zero-order chi connectivity index (χ0) is 32.5. The predicted octanol–water partition coefficient (Wildman–Crippen LogP) is 8.54. The van der Waals surface area contributed by atoms with Gasteiger partial charge in [0.1, 0.15) is 0 Å². The van der Waals surface area contributed by atoms with E-state index >= 15 is 0 Å². The molecule has 0 aliphatic heterocycles. The van der Waals surface area contributed by atoms with Crippen LogP contribution in [0.3, 0.4) is 0 Å². The number of aromatic nitrogens is 2. The van der Waals surface area contributed by atoms with Crippen LogP contribution in [0.15, 0.2) is 116 Å². The Bertz CT molecular complexity index is 2430. The smallest absolute Gasteiger partial charge is 0.0998 e. The first-order valence-corrected chi connectivity index (χ1v) is 14.5. The molecule has 0 aliphatic carbocycles. The number of benzene rings is 5. The number of para-hydroxylation sites is 2. The van der Waals surface area contributed by atoms with Gasteiger partial charge in [0.25, 0.3) is 0 Å². The number of hydrogen-bond acceptors (Lipinski definition) is 6. The van der Waals surface area contributed by atoms with E-state index in [0.29, 0.717) is 38.9 Å². The molecule has 0 saturated heterocycles. The van der Waals surface area contributed by atoms with E-state index in [9.17, 15) is 26.3 Å². The zero-order valence-corrected chi connectivity index (χ0v) is 24.6. The first-order valence-electron chi connectivity index (χ1n) is 14.5. The van der Waals surface area contributed by atoms with Crippen LogP contribution in [0.4, 0.5) is 0 Å². The average Bonchev–Trinajstić information content (AvgIpc) is 3.49. The van der Waals surface area contributed by atoms with Crippen LogP contribution in [0.5, 0.6) is 0 Å². The number of nitriles is 5. The number of hydrogen-bond donors (Lipinski definition) is 0. The highest BCUT2D eigenvalue weighted by Gasteiger charge is 2.21. The summed E-state index contributed by atoms with van der Waals surface area (Å²) < 4.78 is 2.12. The van der Waals surface area contributed by atoms with Crippen LogP contribution in [-0.2, 0) is 0 Å². The molecule has 0 radical (unpaired) electrons. The van der Waals surface area contributed by atoms with Gasteiger partial charge < -0.3 is 4.57 Å². The summed E-state index contributed by atoms with van der Waals surface area (Å²) in [6.45, 7) is 0. The van der Waals surface area contributed by atoms with Crippen LogP contribution in [0, 0.1) is 56.7 Å². The summed E-state index contributed by atoms with van der Waals surface area (Å²) in [6.07, 6.45) is 3.37. The van der Waals surface area contributed by atoms with Crippen molar-refractivity contribution < 1.29 is 0 Å². The molecule has 0 aliphatic rings. The van der Waals surface area contributed by atoms with E-state index in [1.807, 2.05) is 60.7 Å². The van der Waals surface area contributed by atoms with E-state index < -0.39 is 0 Å². The highest BCUT2D eigenvalue weighted by atomic mass is 15.0. The number of nitrogens with zero attached hydrogens (tertiary/aromatic N) is 7. The average molecular weight is 598 g/mol. The van der Waals surface area contributed by atoms with Crippen molar-refractivity contribution in [1.82, 2.24) is 9.55 Å². The van der Waals surface area contributed by atoms with Crippen molar-refractivity contribution in [2.75, 3.05) is 0 Å². The van der Waals surface area contributed by atoms with Crippen molar-refractivity contribution >= 4 is 21.8 Å². The van der Waals surface area contributed by atoms with Crippen molar-refractivity contribution in [3.8, 4) is 69.4 Å². The predicted molar refractivity (Wildman–Crippen MR) is 178 cm³/mol. The van der Waals surface area contributed by atoms with Gasteiger partial charge in [0.2, 0.25) is 0 Å². The lowest BCUT2D eigenvalue weighted by molar-refractivity contribution is 1.18. The summed E-state index contributed by atoms with van der Waals surface area (Å²) in [5.41, 5.74) is 8.99. The van der Waals surface area contributed by atoms with Gasteiger partial charge in [0, 0.05) is 45.5 Å². The molecule has 47 heavy (non-hydrogen) atoms. The Morgan fingerprint density at radius 2 is 0.936 bits per heavy atom. The first kappa shape index (κ1) is 28.3. The van der Waals surface area contributed by atoms with Gasteiger partial charge in [-0.2, -0.15) is 26.3 Å². The van der Waals surface area contributed by atoms with Crippen LogP contribution in [0.2, 0.25) is 0 Å². The molecule has 0 amide bonds. The topological polar surface area (TPSA) is 137 Å². The molecule has 0 spiro atoms. The second-order valence-electron chi connectivity index (χ2n) is 10.9. The van der Waals surface area contributed by atoms with E-state index in [1.54, 1.807) is 54.9 Å². The fourth-order valence-corrected chi connectivity index (χ4v) is 6.20. The Hall–Kier alpha value is -7.50. The van der Waals surface area contributed by atoms with Crippen LogP contribution < -0.4 is 0 Å². The zero-order valence-electron chi connectivity index (χ0n) is 24.6. The maximum Gasteiger partial charge on any atom is 0.0998 e. The summed E-state index contributed by atoms with van der Waals surface area (Å²) in [5, 5.41) is 51.0. The van der Waals surface area contributed by atoms with Gasteiger partial charge in [-0.15, -0.1) is 0 Å². The largest absolute Gasteiger partial charge is 0.308 e. The minimum Gasteiger partial charge on any atom is -0.308 e. The number of rotatable bonds is 4. The molecule has 2 heterocycles. The van der Waals surface area contributed by atoms with Crippen molar-refractivity contribution in [3.05, 3.63) is 143 Å². The molecule has 7 rings (SSSR count). The molecule has 7 aromatic rings. The van der Waals surface area contributed by atoms with Gasteiger partial charge >= 0.3 is 0 Å². The third-order valence-electron chi connectivity index (χ3n) is 8.19. The van der Waals surface area contributed by atoms with Crippen LogP contribution in [-0.4, -0.2) is 9.55 Å². The van der Waals surface area contributed by atoms with Crippen LogP contribution >= 0.6 is 0 Å². The molecule has 0 atom stereocenters. The second-order valence-corrected chi connectivity index (χ2v) is 10.9. The Morgan fingerprint density at radius 1 is 0.447 bits per heavy atom. The lowest BCUT2D eigenvalue weighted by Crippen LogP contribution is -1.99. The maximum atomic E-state index is 10.0. The van der Waals surface area contributed by atoms with Gasteiger partial charge in [-0.1, -0.05) is 36.4 Å². The van der Waals surface area contributed by atoms with E-state index in [4.69, 9.17) is 0 Å². The highest BCUT2D eigenvalue weighted by molar-refractivity contribution is 6.17. The minimum absolute atomic E-state index is 0.370.